The second-order valence-corrected chi connectivity index (χ2v) is 6.30. The van der Waals surface area contributed by atoms with E-state index in [2.05, 4.69) is 21.2 Å². The van der Waals surface area contributed by atoms with Gasteiger partial charge in [0.1, 0.15) is 5.75 Å². The number of nitrogens with one attached hydrogen (secondary N) is 1. The molecule has 0 bridgehead atoms. The third-order valence-electron chi connectivity index (χ3n) is 3.76. The minimum absolute atomic E-state index is 0.0608. The van der Waals surface area contributed by atoms with Crippen LogP contribution in [0.25, 0.3) is 0 Å². The van der Waals surface area contributed by atoms with E-state index in [1.165, 1.54) is 0 Å². The summed E-state index contributed by atoms with van der Waals surface area (Å²) in [7, 11) is 0. The lowest BCUT2D eigenvalue weighted by molar-refractivity contribution is -0.116. The average Bonchev–Trinajstić information content (AvgIpc) is 2.46. The molecule has 4 nitrogen and oxygen atoms in total. The van der Waals surface area contributed by atoms with E-state index in [0.717, 1.165) is 53.9 Å². The van der Waals surface area contributed by atoms with Crippen LogP contribution in [0.1, 0.15) is 24.8 Å². The molecule has 0 aromatic heterocycles. The molecule has 2 heterocycles. The van der Waals surface area contributed by atoms with Crippen LogP contribution in [0.2, 0.25) is 0 Å². The predicted octanol–water partition coefficient (Wildman–Crippen LogP) is 3.14. The Morgan fingerprint density at radius 3 is 3.10 bits per heavy atom. The number of halogens is 1. The first-order chi connectivity index (χ1) is 9.72. The van der Waals surface area contributed by atoms with Gasteiger partial charge in [-0.05, 0) is 37.0 Å². The first-order valence-corrected chi connectivity index (χ1v) is 7.84. The maximum Gasteiger partial charge on any atom is 0.224 e. The van der Waals surface area contributed by atoms with Crippen LogP contribution in [-0.2, 0) is 16.0 Å². The molecule has 1 amide bonds. The number of carbonyl (C=O) groups excluding carboxylic acids is 1. The van der Waals surface area contributed by atoms with Gasteiger partial charge in [0, 0.05) is 23.4 Å². The molecule has 108 valence electrons. The van der Waals surface area contributed by atoms with Gasteiger partial charge in [-0.25, -0.2) is 0 Å². The first-order valence-electron chi connectivity index (χ1n) is 7.05. The van der Waals surface area contributed by atoms with Crippen LogP contribution in [-0.4, -0.2) is 25.7 Å². The second kappa shape index (κ2) is 6.14. The Labute approximate surface area is 127 Å². The Hall–Kier alpha value is -1.07. The van der Waals surface area contributed by atoms with Crippen molar-refractivity contribution >= 4 is 27.5 Å². The molecular formula is C15H18BrNO3. The van der Waals surface area contributed by atoms with Gasteiger partial charge in [-0.1, -0.05) is 15.9 Å². The molecule has 5 heteroatoms. The summed E-state index contributed by atoms with van der Waals surface area (Å²) >= 11 is 3.50. The summed E-state index contributed by atoms with van der Waals surface area (Å²) in [4.78, 5) is 11.6. The molecular weight excluding hydrogens is 322 g/mol. The van der Waals surface area contributed by atoms with Gasteiger partial charge < -0.3 is 14.8 Å². The molecule has 2 aliphatic rings. The number of ether oxygens (including phenoxy) is 2. The zero-order chi connectivity index (χ0) is 13.9. The Kier molecular flexibility index (Phi) is 4.27. The zero-order valence-corrected chi connectivity index (χ0v) is 12.9. The summed E-state index contributed by atoms with van der Waals surface area (Å²) in [5.41, 5.74) is 1.97. The number of benzene rings is 1. The predicted molar refractivity (Wildman–Crippen MR) is 80.1 cm³/mol. The number of aryl methyl sites for hydroxylation is 1. The number of hydrogen-bond acceptors (Lipinski definition) is 3. The Morgan fingerprint density at radius 1 is 1.40 bits per heavy atom. The maximum atomic E-state index is 11.6. The van der Waals surface area contributed by atoms with E-state index in [0.29, 0.717) is 18.9 Å². The van der Waals surface area contributed by atoms with E-state index >= 15 is 0 Å². The Bertz CT molecular complexity index is 512. The first kappa shape index (κ1) is 13.9. The summed E-state index contributed by atoms with van der Waals surface area (Å²) in [5, 5.41) is 2.93. The van der Waals surface area contributed by atoms with E-state index < -0.39 is 0 Å². The monoisotopic (exact) mass is 339 g/mol. The molecule has 1 aromatic rings. The molecule has 20 heavy (non-hydrogen) atoms. The SMILES string of the molecule is O=C1CCc2cc(Br)cc(OCC3CCCOC3)c2N1. The van der Waals surface area contributed by atoms with Crippen molar-refractivity contribution in [1.82, 2.24) is 0 Å². The maximum absolute atomic E-state index is 11.6. The normalized spacial score (nSPS) is 22.1. The standard InChI is InChI=1S/C15H18BrNO3/c16-12-6-11-3-4-14(18)17-15(11)13(7-12)20-9-10-2-1-5-19-8-10/h6-7,10H,1-5,8-9H2,(H,17,18). The van der Waals surface area contributed by atoms with Crippen molar-refractivity contribution in [3.05, 3.63) is 22.2 Å². The molecule has 1 N–H and O–H groups in total. The molecule has 2 aliphatic heterocycles. The van der Waals surface area contributed by atoms with Crippen LogP contribution < -0.4 is 10.1 Å². The molecule has 0 saturated carbocycles. The summed E-state index contributed by atoms with van der Waals surface area (Å²) in [6, 6.07) is 3.97. The molecule has 1 fully saturated rings. The lowest BCUT2D eigenvalue weighted by Gasteiger charge is -2.25. The van der Waals surface area contributed by atoms with E-state index in [-0.39, 0.29) is 5.91 Å². The van der Waals surface area contributed by atoms with Gasteiger partial charge in [-0.3, -0.25) is 4.79 Å². The summed E-state index contributed by atoms with van der Waals surface area (Å²) in [6.07, 6.45) is 3.55. The second-order valence-electron chi connectivity index (χ2n) is 5.38. The van der Waals surface area contributed by atoms with Crippen molar-refractivity contribution in [1.29, 1.82) is 0 Å². The molecule has 1 atom stereocenters. The molecule has 0 aliphatic carbocycles. The topological polar surface area (TPSA) is 47.6 Å². The fraction of sp³-hybridized carbons (Fsp3) is 0.533. The van der Waals surface area contributed by atoms with E-state index in [1.54, 1.807) is 0 Å². The third kappa shape index (κ3) is 3.15. The van der Waals surface area contributed by atoms with E-state index in [9.17, 15) is 4.79 Å². The largest absolute Gasteiger partial charge is 0.491 e. The van der Waals surface area contributed by atoms with Crippen molar-refractivity contribution in [3.8, 4) is 5.75 Å². The van der Waals surface area contributed by atoms with Crippen LogP contribution in [0, 0.1) is 5.92 Å². The highest BCUT2D eigenvalue weighted by Gasteiger charge is 2.21. The van der Waals surface area contributed by atoms with Crippen LogP contribution in [0.15, 0.2) is 16.6 Å². The van der Waals surface area contributed by atoms with Crippen LogP contribution >= 0.6 is 15.9 Å². The van der Waals surface area contributed by atoms with Gasteiger partial charge in [0.15, 0.2) is 0 Å². The van der Waals surface area contributed by atoms with Gasteiger partial charge >= 0.3 is 0 Å². The molecule has 0 spiro atoms. The van der Waals surface area contributed by atoms with Gasteiger partial charge in [0.2, 0.25) is 5.91 Å². The number of hydrogen-bond donors (Lipinski definition) is 1. The smallest absolute Gasteiger partial charge is 0.224 e. The Morgan fingerprint density at radius 2 is 2.30 bits per heavy atom. The van der Waals surface area contributed by atoms with Gasteiger partial charge in [-0.15, -0.1) is 0 Å². The number of fused-ring (bicyclic) bond motifs is 1. The van der Waals surface area contributed by atoms with Crippen LogP contribution in [0.5, 0.6) is 5.75 Å². The van der Waals surface area contributed by atoms with Crippen LogP contribution in [0.4, 0.5) is 5.69 Å². The highest BCUT2D eigenvalue weighted by atomic mass is 79.9. The summed E-state index contributed by atoms with van der Waals surface area (Å²) in [6.45, 7) is 2.26. The molecule has 1 aromatic carbocycles. The van der Waals surface area contributed by atoms with Gasteiger partial charge in [0.25, 0.3) is 0 Å². The zero-order valence-electron chi connectivity index (χ0n) is 11.3. The van der Waals surface area contributed by atoms with Crippen molar-refractivity contribution in [2.45, 2.75) is 25.7 Å². The number of rotatable bonds is 3. The number of amides is 1. The fourth-order valence-electron chi connectivity index (χ4n) is 2.69. The number of anilines is 1. The quantitative estimate of drug-likeness (QED) is 0.920. The summed E-state index contributed by atoms with van der Waals surface area (Å²) in [5.74, 6) is 1.26. The van der Waals surface area contributed by atoms with Crippen molar-refractivity contribution in [3.63, 3.8) is 0 Å². The van der Waals surface area contributed by atoms with Crippen molar-refractivity contribution < 1.29 is 14.3 Å². The lowest BCUT2D eigenvalue weighted by Crippen LogP contribution is -2.24. The van der Waals surface area contributed by atoms with Gasteiger partial charge in [-0.2, -0.15) is 0 Å². The summed E-state index contributed by atoms with van der Waals surface area (Å²) < 4.78 is 12.4. The van der Waals surface area contributed by atoms with Crippen molar-refractivity contribution in [2.75, 3.05) is 25.1 Å². The van der Waals surface area contributed by atoms with E-state index in [1.807, 2.05) is 12.1 Å². The van der Waals surface area contributed by atoms with Crippen molar-refractivity contribution in [2.24, 2.45) is 5.92 Å². The average molecular weight is 340 g/mol. The Balaban J connectivity index is 1.74. The highest BCUT2D eigenvalue weighted by molar-refractivity contribution is 9.10. The molecule has 0 radical (unpaired) electrons. The fourth-order valence-corrected chi connectivity index (χ4v) is 3.17. The molecule has 3 rings (SSSR count). The third-order valence-corrected chi connectivity index (χ3v) is 4.22. The minimum atomic E-state index is 0.0608. The molecule has 1 saturated heterocycles. The van der Waals surface area contributed by atoms with E-state index in [4.69, 9.17) is 9.47 Å². The molecule has 1 unspecified atom stereocenters. The minimum Gasteiger partial charge on any atom is -0.491 e. The lowest BCUT2D eigenvalue weighted by atomic mass is 10.0. The highest BCUT2D eigenvalue weighted by Crippen LogP contribution is 2.36. The van der Waals surface area contributed by atoms with Crippen LogP contribution in [0.3, 0.4) is 0 Å². The number of carbonyl (C=O) groups is 1. The van der Waals surface area contributed by atoms with Gasteiger partial charge in [0.05, 0.1) is 18.9 Å².